The first kappa shape index (κ1) is 15.6. The molecule has 1 aliphatic heterocycles. The highest BCUT2D eigenvalue weighted by Gasteiger charge is 2.20. The van der Waals surface area contributed by atoms with Gasteiger partial charge in [0, 0.05) is 5.23 Å². The molecule has 0 radical (unpaired) electrons. The Morgan fingerprint density at radius 3 is 2.75 bits per heavy atom. The number of hydrogen-bond donors (Lipinski definition) is 1. The molecule has 8 nitrogen and oxygen atoms in total. The van der Waals surface area contributed by atoms with Crippen molar-refractivity contribution < 1.29 is 19.3 Å². The number of nitrogens with zero attached hydrogens (tertiary/aromatic N) is 3. The number of fused-ring (bicyclic) bond motifs is 1. The van der Waals surface area contributed by atoms with Crippen molar-refractivity contribution in [2.75, 3.05) is 13.1 Å². The predicted octanol–water partition coefficient (Wildman–Crippen LogP) is 1.98. The van der Waals surface area contributed by atoms with Gasteiger partial charge in [0.25, 0.3) is 11.8 Å². The molecule has 0 aliphatic carbocycles. The number of carbonyl (C=O) groups is 2. The number of rotatable bonds is 3. The van der Waals surface area contributed by atoms with Crippen molar-refractivity contribution in [2.45, 2.75) is 0 Å². The predicted molar refractivity (Wildman–Crippen MR) is 83.4 cm³/mol. The van der Waals surface area contributed by atoms with Gasteiger partial charge >= 0.3 is 0 Å². The average molecular weight is 326 g/mol. The van der Waals surface area contributed by atoms with Crippen LogP contribution >= 0.6 is 0 Å². The maximum Gasteiger partial charge on any atom is 0.298 e. The number of para-hydroxylation sites is 2. The second-order valence-electron chi connectivity index (χ2n) is 4.87. The minimum absolute atomic E-state index is 0.179. The summed E-state index contributed by atoms with van der Waals surface area (Å²) in [5.74, 6) is -0.597. The Morgan fingerprint density at radius 2 is 1.92 bits per heavy atom. The first-order valence-corrected chi connectivity index (χ1v) is 7.18. The molecular formula is C16H14N4O4. The molecule has 1 aliphatic rings. The van der Waals surface area contributed by atoms with E-state index in [0.29, 0.717) is 0 Å². The standard InChI is InChI=1S/C16H14N4O4/c17-15(21)11-5-1-3-7-13(11)23-20-10-9-18-19-16(22)12-6-2-4-8-14(12)24-20/h1-8H,9-10H2,(H2,17,21). The maximum atomic E-state index is 12.0. The quantitative estimate of drug-likeness (QED) is 0.928. The van der Waals surface area contributed by atoms with E-state index in [2.05, 4.69) is 10.2 Å². The zero-order chi connectivity index (χ0) is 16.9. The lowest BCUT2D eigenvalue weighted by Gasteiger charge is -2.22. The molecule has 0 unspecified atom stereocenters. The summed E-state index contributed by atoms with van der Waals surface area (Å²) in [6.07, 6.45) is 0. The molecule has 2 aromatic carbocycles. The fourth-order valence-corrected chi connectivity index (χ4v) is 2.10. The first-order valence-electron chi connectivity index (χ1n) is 7.18. The first-order chi connectivity index (χ1) is 11.6. The van der Waals surface area contributed by atoms with E-state index in [0.717, 1.165) is 5.23 Å². The van der Waals surface area contributed by atoms with Crippen LogP contribution in [-0.4, -0.2) is 30.1 Å². The zero-order valence-corrected chi connectivity index (χ0v) is 12.6. The lowest BCUT2D eigenvalue weighted by Crippen LogP contribution is -2.34. The number of nitrogens with two attached hydrogens (primary N) is 1. The number of hydroxylamine groups is 2. The topological polar surface area (TPSA) is 107 Å². The van der Waals surface area contributed by atoms with Crippen LogP contribution in [0.1, 0.15) is 20.7 Å². The smallest absolute Gasteiger partial charge is 0.298 e. The van der Waals surface area contributed by atoms with Gasteiger partial charge in [-0.2, -0.15) is 5.11 Å². The van der Waals surface area contributed by atoms with Gasteiger partial charge in [0.05, 0.1) is 24.2 Å². The largest absolute Gasteiger partial charge is 0.370 e. The van der Waals surface area contributed by atoms with Gasteiger partial charge in [-0.25, -0.2) is 0 Å². The summed E-state index contributed by atoms with van der Waals surface area (Å²) in [5.41, 5.74) is 5.82. The van der Waals surface area contributed by atoms with Crippen molar-refractivity contribution in [1.29, 1.82) is 0 Å². The van der Waals surface area contributed by atoms with Gasteiger partial charge in [-0.3, -0.25) is 9.59 Å². The van der Waals surface area contributed by atoms with Crippen LogP contribution in [0.15, 0.2) is 58.8 Å². The van der Waals surface area contributed by atoms with Gasteiger partial charge in [-0.05, 0) is 24.3 Å². The molecule has 8 heteroatoms. The maximum absolute atomic E-state index is 12.0. The van der Waals surface area contributed by atoms with E-state index in [9.17, 15) is 9.59 Å². The Bertz CT molecular complexity index is 806. The second kappa shape index (κ2) is 6.88. The average Bonchev–Trinajstić information content (AvgIpc) is 2.65. The molecule has 0 aromatic heterocycles. The van der Waals surface area contributed by atoms with E-state index >= 15 is 0 Å². The minimum atomic E-state index is -0.620. The van der Waals surface area contributed by atoms with E-state index < -0.39 is 11.8 Å². The van der Waals surface area contributed by atoms with Gasteiger partial charge in [0.15, 0.2) is 11.5 Å². The summed E-state index contributed by atoms with van der Waals surface area (Å²) in [4.78, 5) is 34.7. The number of azo groups is 1. The lowest BCUT2D eigenvalue weighted by molar-refractivity contribution is -0.254. The fraction of sp³-hybridized carbons (Fsp3) is 0.125. The highest BCUT2D eigenvalue weighted by molar-refractivity contribution is 5.97. The normalized spacial score (nSPS) is 14.8. The Kier molecular flexibility index (Phi) is 4.48. The third-order valence-corrected chi connectivity index (χ3v) is 3.21. The Balaban J connectivity index is 1.90. The van der Waals surface area contributed by atoms with Crippen LogP contribution in [0.3, 0.4) is 0 Å². The van der Waals surface area contributed by atoms with Crippen LogP contribution in [0, 0.1) is 0 Å². The SMILES string of the molecule is NC(=O)c1ccccc1ON1CCN=NC(=O)c2ccccc2O1. The van der Waals surface area contributed by atoms with E-state index in [1.165, 1.54) is 0 Å². The summed E-state index contributed by atoms with van der Waals surface area (Å²) in [6.45, 7) is 0.372. The van der Waals surface area contributed by atoms with Gasteiger partial charge in [-0.1, -0.05) is 24.3 Å². The van der Waals surface area contributed by atoms with E-state index in [-0.39, 0.29) is 35.7 Å². The van der Waals surface area contributed by atoms with Gasteiger partial charge in [0.1, 0.15) is 0 Å². The van der Waals surface area contributed by atoms with E-state index in [4.69, 9.17) is 15.4 Å². The number of benzene rings is 2. The number of amides is 2. The summed E-state index contributed by atoms with van der Waals surface area (Å²) in [6, 6.07) is 13.1. The summed E-state index contributed by atoms with van der Waals surface area (Å²) in [7, 11) is 0. The molecular weight excluding hydrogens is 312 g/mol. The lowest BCUT2D eigenvalue weighted by atomic mass is 10.2. The fourth-order valence-electron chi connectivity index (χ4n) is 2.10. The molecule has 0 saturated heterocycles. The van der Waals surface area contributed by atoms with Crippen LogP contribution in [0.2, 0.25) is 0 Å². The van der Waals surface area contributed by atoms with Gasteiger partial charge < -0.3 is 15.4 Å². The third kappa shape index (κ3) is 3.39. The van der Waals surface area contributed by atoms with Crippen molar-refractivity contribution in [3.05, 3.63) is 59.7 Å². The van der Waals surface area contributed by atoms with Crippen LogP contribution < -0.4 is 15.4 Å². The zero-order valence-electron chi connectivity index (χ0n) is 12.6. The molecule has 0 saturated carbocycles. The Labute approximate surface area is 137 Å². The molecule has 0 bridgehead atoms. The van der Waals surface area contributed by atoms with Gasteiger partial charge in [-0.15, -0.1) is 5.11 Å². The van der Waals surface area contributed by atoms with Crippen molar-refractivity contribution in [3.8, 4) is 11.5 Å². The summed E-state index contributed by atoms with van der Waals surface area (Å²) >= 11 is 0. The summed E-state index contributed by atoms with van der Waals surface area (Å²) in [5, 5.41) is 8.56. The van der Waals surface area contributed by atoms with Crippen LogP contribution in [-0.2, 0) is 0 Å². The number of hydrogen-bond acceptors (Lipinski definition) is 6. The van der Waals surface area contributed by atoms with Crippen molar-refractivity contribution in [1.82, 2.24) is 5.23 Å². The van der Waals surface area contributed by atoms with Crippen molar-refractivity contribution >= 4 is 11.8 Å². The highest BCUT2D eigenvalue weighted by Crippen LogP contribution is 2.23. The van der Waals surface area contributed by atoms with Crippen molar-refractivity contribution in [2.24, 2.45) is 16.0 Å². The Morgan fingerprint density at radius 1 is 1.17 bits per heavy atom. The molecule has 0 fully saturated rings. The molecule has 122 valence electrons. The molecule has 3 rings (SSSR count). The second-order valence-corrected chi connectivity index (χ2v) is 4.87. The van der Waals surface area contributed by atoms with E-state index in [1.807, 2.05) is 0 Å². The van der Waals surface area contributed by atoms with E-state index in [1.54, 1.807) is 48.5 Å². The van der Waals surface area contributed by atoms with Crippen molar-refractivity contribution in [3.63, 3.8) is 0 Å². The van der Waals surface area contributed by atoms with Crippen LogP contribution in [0.25, 0.3) is 0 Å². The minimum Gasteiger partial charge on any atom is -0.370 e. The molecule has 0 atom stereocenters. The van der Waals surface area contributed by atoms with Crippen LogP contribution in [0.5, 0.6) is 11.5 Å². The molecule has 0 spiro atoms. The third-order valence-electron chi connectivity index (χ3n) is 3.21. The summed E-state index contributed by atoms with van der Waals surface area (Å²) < 4.78 is 0. The number of carbonyl (C=O) groups excluding carboxylic acids is 2. The Hall–Kier alpha value is -3.26. The molecule has 1 heterocycles. The monoisotopic (exact) mass is 326 g/mol. The number of primary amides is 1. The molecule has 2 amide bonds. The molecule has 24 heavy (non-hydrogen) atoms. The highest BCUT2D eigenvalue weighted by atomic mass is 16.9. The molecule has 2 aromatic rings. The van der Waals surface area contributed by atoms with Gasteiger partial charge in [0.2, 0.25) is 0 Å². The van der Waals surface area contributed by atoms with Crippen LogP contribution in [0.4, 0.5) is 0 Å². The molecule has 2 N–H and O–H groups in total.